The number of H-pyrrole nitrogens is 1. The normalized spacial score (nSPS) is 9.62. The monoisotopic (exact) mass is 131 g/mol. The molecule has 0 amide bonds. The fourth-order valence-electron chi connectivity index (χ4n) is 0.395. The summed E-state index contributed by atoms with van der Waals surface area (Å²) >= 11 is 4.59. The third-order valence-electron chi connectivity index (χ3n) is 0.745. The summed E-state index contributed by atoms with van der Waals surface area (Å²) in [6.45, 7) is -0.0554. The predicted molar refractivity (Wildman–Crippen MR) is 29.8 cm³/mol. The van der Waals surface area contributed by atoms with Crippen molar-refractivity contribution < 1.29 is 9.63 Å². The lowest BCUT2D eigenvalue weighted by molar-refractivity contribution is 0.266. The Morgan fingerprint density at radius 2 is 2.62 bits per heavy atom. The summed E-state index contributed by atoms with van der Waals surface area (Å²) in [7, 11) is 0. The molecule has 1 aromatic rings. The maximum atomic E-state index is 8.41. The van der Waals surface area contributed by atoms with Crippen molar-refractivity contribution in [1.29, 1.82) is 0 Å². The Labute approximate surface area is 50.9 Å². The number of hydrogen-bond acceptors (Lipinski definition) is 3. The van der Waals surface area contributed by atoms with Gasteiger partial charge < -0.3 is 9.63 Å². The Morgan fingerprint density at radius 3 is 2.88 bits per heavy atom. The molecule has 0 aliphatic rings. The zero-order valence-corrected chi connectivity index (χ0v) is 4.86. The van der Waals surface area contributed by atoms with Crippen LogP contribution in [0.15, 0.2) is 10.6 Å². The second-order valence-electron chi connectivity index (χ2n) is 1.35. The highest BCUT2D eigenvalue weighted by Gasteiger charge is 1.89. The van der Waals surface area contributed by atoms with Crippen molar-refractivity contribution in [3.05, 3.63) is 16.5 Å². The van der Waals surface area contributed by atoms with Gasteiger partial charge in [0.2, 0.25) is 4.71 Å². The minimum Gasteiger partial charge on any atom is -0.390 e. The molecule has 0 aliphatic carbocycles. The van der Waals surface area contributed by atoms with Crippen LogP contribution < -0.4 is 0 Å². The molecule has 3 nitrogen and oxygen atoms in total. The highest BCUT2D eigenvalue weighted by molar-refractivity contribution is 7.71. The maximum absolute atomic E-state index is 8.41. The largest absolute Gasteiger partial charge is 0.390 e. The van der Waals surface area contributed by atoms with Crippen LogP contribution in [0.3, 0.4) is 0 Å². The van der Waals surface area contributed by atoms with E-state index in [-0.39, 0.29) is 6.61 Å². The molecule has 0 atom stereocenters. The number of rotatable bonds is 1. The van der Waals surface area contributed by atoms with E-state index in [1.165, 1.54) is 0 Å². The lowest BCUT2D eigenvalue weighted by Crippen LogP contribution is -1.77. The Hall–Kier alpha value is -0.610. The summed E-state index contributed by atoms with van der Waals surface area (Å²) in [5.74, 6) is 0. The van der Waals surface area contributed by atoms with E-state index in [0.29, 0.717) is 10.4 Å². The van der Waals surface area contributed by atoms with Gasteiger partial charge in [-0.1, -0.05) is 0 Å². The van der Waals surface area contributed by atoms with Crippen molar-refractivity contribution >= 4 is 12.2 Å². The number of aliphatic hydroxyl groups is 1. The summed E-state index contributed by atoms with van der Waals surface area (Å²) in [5, 5.41) is 10.8. The molecular weight excluding hydrogens is 126 g/mol. The molecule has 0 spiro atoms. The van der Waals surface area contributed by atoms with Crippen molar-refractivity contribution in [1.82, 2.24) is 5.16 Å². The standard InChI is InChI=1S/C4H5NO2S/c6-2-3-1-4(8)7-5-3/h1,5-6H,2H2. The molecule has 2 N–H and O–H groups in total. The topological polar surface area (TPSA) is 49.2 Å². The van der Waals surface area contributed by atoms with Crippen molar-refractivity contribution in [3.8, 4) is 0 Å². The van der Waals surface area contributed by atoms with Crippen LogP contribution in [0.4, 0.5) is 0 Å². The predicted octanol–water partition coefficient (Wildman–Crippen LogP) is 0.829. The van der Waals surface area contributed by atoms with Crippen LogP contribution in [0.5, 0.6) is 0 Å². The summed E-state index contributed by atoms with van der Waals surface area (Å²) in [4.78, 5) is 0. The molecule has 0 radical (unpaired) electrons. The minimum absolute atomic E-state index is 0.0554. The molecule has 0 aliphatic heterocycles. The Bertz CT molecular complexity index is 214. The average Bonchev–Trinajstić information content (AvgIpc) is 2.14. The third-order valence-corrected chi connectivity index (χ3v) is 0.946. The SMILES string of the molecule is OCc1cc(=S)o[nH]1. The van der Waals surface area contributed by atoms with Crippen LogP contribution in [-0.4, -0.2) is 10.3 Å². The lowest BCUT2D eigenvalue weighted by atomic mass is 10.5. The smallest absolute Gasteiger partial charge is 0.220 e. The lowest BCUT2D eigenvalue weighted by Gasteiger charge is -1.78. The minimum atomic E-state index is -0.0554. The van der Waals surface area contributed by atoms with E-state index in [1.54, 1.807) is 6.07 Å². The molecule has 4 heteroatoms. The number of aromatic amines is 1. The van der Waals surface area contributed by atoms with Crippen LogP contribution in [0, 0.1) is 4.71 Å². The summed E-state index contributed by atoms with van der Waals surface area (Å²) in [6, 6.07) is 1.56. The van der Waals surface area contributed by atoms with E-state index in [2.05, 4.69) is 21.9 Å². The van der Waals surface area contributed by atoms with E-state index < -0.39 is 0 Å². The molecule has 0 unspecified atom stereocenters. The molecule has 44 valence electrons. The van der Waals surface area contributed by atoms with Crippen LogP contribution in [0.1, 0.15) is 5.69 Å². The number of hydrogen-bond donors (Lipinski definition) is 2. The molecule has 0 bridgehead atoms. The fraction of sp³-hybridized carbons (Fsp3) is 0.250. The average molecular weight is 131 g/mol. The first-order chi connectivity index (χ1) is 3.83. The molecule has 1 heterocycles. The van der Waals surface area contributed by atoms with Crippen LogP contribution in [-0.2, 0) is 6.61 Å². The van der Waals surface area contributed by atoms with Crippen molar-refractivity contribution in [2.45, 2.75) is 6.61 Å². The molecule has 1 rings (SSSR count). The zero-order chi connectivity index (χ0) is 5.98. The first-order valence-electron chi connectivity index (χ1n) is 2.11. The zero-order valence-electron chi connectivity index (χ0n) is 4.05. The van der Waals surface area contributed by atoms with Gasteiger partial charge in [0.05, 0.1) is 12.3 Å². The molecule has 0 saturated heterocycles. The van der Waals surface area contributed by atoms with Gasteiger partial charge in [-0.05, 0) is 12.2 Å². The van der Waals surface area contributed by atoms with Gasteiger partial charge in [0.25, 0.3) is 0 Å². The van der Waals surface area contributed by atoms with E-state index in [4.69, 9.17) is 5.11 Å². The van der Waals surface area contributed by atoms with Gasteiger partial charge in [-0.3, -0.25) is 0 Å². The molecule has 8 heavy (non-hydrogen) atoms. The van der Waals surface area contributed by atoms with Crippen LogP contribution in [0.2, 0.25) is 0 Å². The molecule has 0 fully saturated rings. The van der Waals surface area contributed by atoms with Crippen molar-refractivity contribution in [2.24, 2.45) is 0 Å². The van der Waals surface area contributed by atoms with Gasteiger partial charge in [-0.25, -0.2) is 5.16 Å². The number of nitrogens with one attached hydrogen (secondary N) is 1. The highest BCUT2D eigenvalue weighted by atomic mass is 32.1. The number of aromatic nitrogens is 1. The van der Waals surface area contributed by atoms with Crippen LogP contribution >= 0.6 is 12.2 Å². The summed E-state index contributed by atoms with van der Waals surface area (Å²) < 4.78 is 4.95. The van der Waals surface area contributed by atoms with E-state index in [1.807, 2.05) is 0 Å². The van der Waals surface area contributed by atoms with E-state index in [9.17, 15) is 0 Å². The summed E-state index contributed by atoms with van der Waals surface area (Å²) in [6.07, 6.45) is 0. The second-order valence-corrected chi connectivity index (χ2v) is 1.75. The van der Waals surface area contributed by atoms with Crippen molar-refractivity contribution in [3.63, 3.8) is 0 Å². The quantitative estimate of drug-likeness (QED) is 0.555. The van der Waals surface area contributed by atoms with Gasteiger partial charge in [0.15, 0.2) is 0 Å². The van der Waals surface area contributed by atoms with Gasteiger partial charge in [0.1, 0.15) is 0 Å². The van der Waals surface area contributed by atoms with Gasteiger partial charge >= 0.3 is 0 Å². The maximum Gasteiger partial charge on any atom is 0.220 e. The Kier molecular flexibility index (Phi) is 1.45. The van der Waals surface area contributed by atoms with E-state index >= 15 is 0 Å². The fourth-order valence-corrected chi connectivity index (χ4v) is 0.579. The van der Waals surface area contributed by atoms with Crippen molar-refractivity contribution in [2.75, 3.05) is 0 Å². The first-order valence-corrected chi connectivity index (χ1v) is 2.52. The molecular formula is C4H5NO2S. The first kappa shape index (κ1) is 5.53. The highest BCUT2D eigenvalue weighted by Crippen LogP contribution is 1.95. The molecule has 0 saturated carbocycles. The van der Waals surface area contributed by atoms with E-state index in [0.717, 1.165) is 0 Å². The van der Waals surface area contributed by atoms with Gasteiger partial charge in [-0.15, -0.1) is 0 Å². The Balaban J connectivity index is 3.01. The van der Waals surface area contributed by atoms with Crippen LogP contribution in [0.25, 0.3) is 0 Å². The summed E-state index contributed by atoms with van der Waals surface area (Å²) in [5.41, 5.74) is 0.606. The third kappa shape index (κ3) is 0.962. The van der Waals surface area contributed by atoms with Gasteiger partial charge in [-0.2, -0.15) is 0 Å². The number of aliphatic hydroxyl groups excluding tert-OH is 1. The second kappa shape index (κ2) is 2.11. The van der Waals surface area contributed by atoms with Gasteiger partial charge in [0, 0.05) is 6.07 Å². The molecule has 0 aromatic carbocycles. The molecule has 1 aromatic heterocycles. The Morgan fingerprint density at radius 1 is 1.88 bits per heavy atom.